The van der Waals surface area contributed by atoms with Crippen LogP contribution in [0.25, 0.3) is 0 Å². The summed E-state index contributed by atoms with van der Waals surface area (Å²) in [6.07, 6.45) is 4.10. The molecule has 0 bridgehead atoms. The molecule has 1 aliphatic rings. The summed E-state index contributed by atoms with van der Waals surface area (Å²) in [5.74, 6) is -0.366. The van der Waals surface area contributed by atoms with E-state index in [0.29, 0.717) is 30.6 Å². The molecule has 1 N–H and O–H groups in total. The molecule has 1 fully saturated rings. The molecule has 0 spiro atoms. The van der Waals surface area contributed by atoms with Gasteiger partial charge in [-0.2, -0.15) is 0 Å². The summed E-state index contributed by atoms with van der Waals surface area (Å²) in [7, 11) is 0. The van der Waals surface area contributed by atoms with Crippen LogP contribution in [0.2, 0.25) is 0 Å². The molecule has 1 aliphatic heterocycles. The molecule has 154 valence electrons. The van der Waals surface area contributed by atoms with Crippen LogP contribution < -0.4 is 5.32 Å². The number of hydrogen-bond acceptors (Lipinski definition) is 3. The average molecular weight is 397 g/mol. The summed E-state index contributed by atoms with van der Waals surface area (Å²) in [5, 5.41) is 2.92. The third kappa shape index (κ3) is 5.40. The van der Waals surface area contributed by atoms with Crippen LogP contribution in [0.5, 0.6) is 0 Å². The highest BCUT2D eigenvalue weighted by Gasteiger charge is 2.28. The summed E-state index contributed by atoms with van der Waals surface area (Å²) in [6, 6.07) is 10.2. The van der Waals surface area contributed by atoms with E-state index >= 15 is 0 Å². The highest BCUT2D eigenvalue weighted by Crippen LogP contribution is 2.28. The predicted molar refractivity (Wildman–Crippen MR) is 110 cm³/mol. The first-order chi connectivity index (χ1) is 14.0. The first-order valence-corrected chi connectivity index (χ1v) is 10.2. The summed E-state index contributed by atoms with van der Waals surface area (Å²) >= 11 is 0. The van der Waals surface area contributed by atoms with Crippen molar-refractivity contribution in [3.63, 3.8) is 0 Å². The Kier molecular flexibility index (Phi) is 6.96. The number of carbonyl (C=O) groups excluding carboxylic acids is 2. The van der Waals surface area contributed by atoms with Crippen molar-refractivity contribution in [1.29, 1.82) is 0 Å². The third-order valence-electron chi connectivity index (χ3n) is 5.23. The number of rotatable bonds is 6. The minimum absolute atomic E-state index is 0.0158. The normalized spacial score (nSPS) is 16.7. The fraction of sp³-hybridized carbons (Fsp3) is 0.435. The highest BCUT2D eigenvalue weighted by atomic mass is 19.1. The van der Waals surface area contributed by atoms with E-state index in [1.807, 2.05) is 18.7 Å². The SMILES string of the molecule is CC(C)NC(=O)c1cccnc1[C@H]1CCCN(C(=O)CCc2ccccc2F)C1. The van der Waals surface area contributed by atoms with Gasteiger partial charge in [-0.25, -0.2) is 4.39 Å². The van der Waals surface area contributed by atoms with Crippen LogP contribution in [0.4, 0.5) is 4.39 Å². The standard InChI is InChI=1S/C23H28FN3O2/c1-16(2)26-23(29)19-9-5-13-25-22(19)18-8-6-14-27(15-18)21(28)12-11-17-7-3-4-10-20(17)24/h3-5,7,9-10,13,16,18H,6,8,11-12,14-15H2,1-2H3,(H,26,29)/t18-/m0/s1. The number of carbonyl (C=O) groups is 2. The number of hydrogen-bond donors (Lipinski definition) is 1. The maximum Gasteiger partial charge on any atom is 0.253 e. The largest absolute Gasteiger partial charge is 0.350 e. The topological polar surface area (TPSA) is 62.3 Å². The molecule has 0 aliphatic carbocycles. The number of nitrogens with one attached hydrogen (secondary N) is 1. The average Bonchev–Trinajstić information content (AvgIpc) is 2.72. The maximum absolute atomic E-state index is 13.8. The lowest BCUT2D eigenvalue weighted by molar-refractivity contribution is -0.132. The van der Waals surface area contributed by atoms with Crippen molar-refractivity contribution in [1.82, 2.24) is 15.2 Å². The lowest BCUT2D eigenvalue weighted by Gasteiger charge is -2.33. The van der Waals surface area contributed by atoms with E-state index in [4.69, 9.17) is 0 Å². The Balaban J connectivity index is 1.67. The zero-order valence-corrected chi connectivity index (χ0v) is 17.0. The molecule has 1 aromatic heterocycles. The van der Waals surface area contributed by atoms with Crippen LogP contribution in [-0.2, 0) is 11.2 Å². The zero-order chi connectivity index (χ0) is 20.8. The van der Waals surface area contributed by atoms with Crippen molar-refractivity contribution in [2.75, 3.05) is 13.1 Å². The molecule has 3 rings (SSSR count). The van der Waals surface area contributed by atoms with Crippen molar-refractivity contribution < 1.29 is 14.0 Å². The number of nitrogens with zero attached hydrogens (tertiary/aromatic N) is 2. The van der Waals surface area contributed by atoms with Crippen LogP contribution in [0.15, 0.2) is 42.6 Å². The number of pyridine rings is 1. The Bertz CT molecular complexity index is 869. The molecule has 0 saturated carbocycles. The van der Waals surface area contributed by atoms with E-state index in [-0.39, 0.29) is 36.0 Å². The van der Waals surface area contributed by atoms with Crippen molar-refractivity contribution in [2.45, 2.75) is 51.5 Å². The van der Waals surface area contributed by atoms with Crippen LogP contribution in [0.3, 0.4) is 0 Å². The van der Waals surface area contributed by atoms with E-state index in [1.165, 1.54) is 6.07 Å². The minimum atomic E-state index is -0.272. The lowest BCUT2D eigenvalue weighted by Crippen LogP contribution is -2.40. The first-order valence-electron chi connectivity index (χ1n) is 10.2. The summed E-state index contributed by atoms with van der Waals surface area (Å²) in [5.41, 5.74) is 1.89. The van der Waals surface area contributed by atoms with Gasteiger partial charge < -0.3 is 10.2 Å². The number of amides is 2. The molecular weight excluding hydrogens is 369 g/mol. The predicted octanol–water partition coefficient (Wildman–Crippen LogP) is 3.70. The number of aryl methyl sites for hydroxylation is 1. The van der Waals surface area contributed by atoms with Gasteiger partial charge in [0.1, 0.15) is 5.82 Å². The van der Waals surface area contributed by atoms with Crippen molar-refractivity contribution >= 4 is 11.8 Å². The number of benzene rings is 1. The van der Waals surface area contributed by atoms with Gasteiger partial charge in [-0.1, -0.05) is 18.2 Å². The van der Waals surface area contributed by atoms with Crippen LogP contribution >= 0.6 is 0 Å². The number of aromatic nitrogens is 1. The quantitative estimate of drug-likeness (QED) is 0.809. The number of halogens is 1. The molecule has 1 aromatic carbocycles. The fourth-order valence-corrected chi connectivity index (χ4v) is 3.80. The van der Waals surface area contributed by atoms with Gasteiger partial charge in [0.15, 0.2) is 0 Å². The van der Waals surface area contributed by atoms with Gasteiger partial charge in [0, 0.05) is 37.7 Å². The van der Waals surface area contributed by atoms with E-state index in [2.05, 4.69) is 10.3 Å². The monoisotopic (exact) mass is 397 g/mol. The van der Waals surface area contributed by atoms with Gasteiger partial charge >= 0.3 is 0 Å². The van der Waals surface area contributed by atoms with E-state index in [1.54, 1.807) is 36.5 Å². The van der Waals surface area contributed by atoms with Crippen LogP contribution in [0, 0.1) is 5.82 Å². The zero-order valence-electron chi connectivity index (χ0n) is 17.0. The Morgan fingerprint density at radius 2 is 2.03 bits per heavy atom. The van der Waals surface area contributed by atoms with E-state index < -0.39 is 0 Å². The summed E-state index contributed by atoms with van der Waals surface area (Å²) in [6.45, 7) is 5.07. The molecular formula is C23H28FN3O2. The van der Waals surface area contributed by atoms with Crippen molar-refractivity contribution in [3.8, 4) is 0 Å². The van der Waals surface area contributed by atoms with Crippen LogP contribution in [-0.4, -0.2) is 40.8 Å². The minimum Gasteiger partial charge on any atom is -0.350 e. The highest BCUT2D eigenvalue weighted by molar-refractivity contribution is 5.95. The van der Waals surface area contributed by atoms with Crippen molar-refractivity contribution in [3.05, 3.63) is 65.2 Å². The molecule has 29 heavy (non-hydrogen) atoms. The molecule has 5 nitrogen and oxygen atoms in total. The number of piperidine rings is 1. The second-order valence-corrected chi connectivity index (χ2v) is 7.83. The smallest absolute Gasteiger partial charge is 0.253 e. The molecule has 2 amide bonds. The van der Waals surface area contributed by atoms with Gasteiger partial charge in [-0.15, -0.1) is 0 Å². The van der Waals surface area contributed by atoms with Gasteiger partial charge in [0.25, 0.3) is 5.91 Å². The molecule has 6 heteroatoms. The van der Waals surface area contributed by atoms with E-state index in [9.17, 15) is 14.0 Å². The molecule has 1 saturated heterocycles. The molecule has 0 unspecified atom stereocenters. The molecule has 0 radical (unpaired) electrons. The fourth-order valence-electron chi connectivity index (χ4n) is 3.80. The lowest BCUT2D eigenvalue weighted by atomic mass is 9.91. The maximum atomic E-state index is 13.8. The Hall–Kier alpha value is -2.76. The Morgan fingerprint density at radius 1 is 1.24 bits per heavy atom. The summed E-state index contributed by atoms with van der Waals surface area (Å²) in [4.78, 5) is 31.6. The Morgan fingerprint density at radius 3 is 2.79 bits per heavy atom. The van der Waals surface area contributed by atoms with Gasteiger partial charge in [0.2, 0.25) is 5.91 Å². The van der Waals surface area contributed by atoms with Crippen molar-refractivity contribution in [2.24, 2.45) is 0 Å². The molecule has 1 atom stereocenters. The van der Waals surface area contributed by atoms with Crippen LogP contribution in [0.1, 0.15) is 60.6 Å². The third-order valence-corrected chi connectivity index (χ3v) is 5.23. The van der Waals surface area contributed by atoms with Gasteiger partial charge in [-0.3, -0.25) is 14.6 Å². The van der Waals surface area contributed by atoms with E-state index in [0.717, 1.165) is 18.5 Å². The van der Waals surface area contributed by atoms with Gasteiger partial charge in [0.05, 0.1) is 11.3 Å². The Labute approximate surface area is 171 Å². The second kappa shape index (κ2) is 9.63. The second-order valence-electron chi connectivity index (χ2n) is 7.83. The van der Waals surface area contributed by atoms with Gasteiger partial charge in [-0.05, 0) is 56.9 Å². The summed E-state index contributed by atoms with van der Waals surface area (Å²) < 4.78 is 13.8. The number of likely N-dealkylation sites (tertiary alicyclic amines) is 1. The first kappa shape index (κ1) is 21.0. The molecule has 2 heterocycles. The molecule has 2 aromatic rings.